The summed E-state index contributed by atoms with van der Waals surface area (Å²) >= 11 is 14.1. The van der Waals surface area contributed by atoms with Crippen molar-refractivity contribution < 1.29 is 24.3 Å². The Kier molecular flexibility index (Phi) is 9.02. The standard InChI is InChI=1S/C27H27Cl2N3O5S/c1-38-21-8-6-15(23(28)24(21)29)7-9-22(33)32-12-10-16(11-13-32)25(34)31-20(27(36)37)14-18-17-4-2-3-5-19(17)30-26(18)35/h2-9,16,18,20H,10-14H2,1H3,(H,30,35)(H,31,34)(H,36,37). The van der Waals surface area contributed by atoms with Gasteiger partial charge in [0.2, 0.25) is 17.7 Å². The number of benzene rings is 2. The van der Waals surface area contributed by atoms with E-state index < -0.39 is 23.8 Å². The van der Waals surface area contributed by atoms with Gasteiger partial charge in [0.1, 0.15) is 6.04 Å². The van der Waals surface area contributed by atoms with E-state index in [1.807, 2.05) is 12.3 Å². The SMILES string of the molecule is CSc1ccc(C=CC(=O)N2CCC(C(=O)NC(CC3C(=O)Nc4ccccc43)C(=O)O)CC2)c(Cl)c1Cl. The lowest BCUT2D eigenvalue weighted by molar-refractivity contribution is -0.143. The smallest absolute Gasteiger partial charge is 0.326 e. The van der Waals surface area contributed by atoms with Crippen molar-refractivity contribution in [3.05, 3.63) is 63.6 Å². The van der Waals surface area contributed by atoms with E-state index in [1.54, 1.807) is 41.3 Å². The lowest BCUT2D eigenvalue weighted by Gasteiger charge is -2.31. The van der Waals surface area contributed by atoms with Gasteiger partial charge in [0.05, 0.1) is 16.0 Å². The Morgan fingerprint density at radius 1 is 1.16 bits per heavy atom. The van der Waals surface area contributed by atoms with Crippen molar-refractivity contribution >= 4 is 70.4 Å². The number of hydrogen-bond donors (Lipinski definition) is 3. The third-order valence-electron chi connectivity index (χ3n) is 6.88. The second kappa shape index (κ2) is 12.2. The van der Waals surface area contributed by atoms with Crippen molar-refractivity contribution in [1.29, 1.82) is 0 Å². The van der Waals surface area contributed by atoms with E-state index in [9.17, 15) is 24.3 Å². The fourth-order valence-corrected chi connectivity index (χ4v) is 5.89. The molecule has 11 heteroatoms. The first-order valence-electron chi connectivity index (χ1n) is 12.1. The van der Waals surface area contributed by atoms with Crippen molar-refractivity contribution in [1.82, 2.24) is 10.2 Å². The number of amides is 3. The number of rotatable bonds is 8. The van der Waals surface area contributed by atoms with Crippen molar-refractivity contribution in [2.45, 2.75) is 36.1 Å². The number of halogens is 2. The van der Waals surface area contributed by atoms with Gasteiger partial charge in [-0.1, -0.05) is 47.5 Å². The van der Waals surface area contributed by atoms with E-state index >= 15 is 0 Å². The highest BCUT2D eigenvalue weighted by atomic mass is 35.5. The van der Waals surface area contributed by atoms with Crippen molar-refractivity contribution in [3.8, 4) is 0 Å². The molecular formula is C27H27Cl2N3O5S. The summed E-state index contributed by atoms with van der Waals surface area (Å²) < 4.78 is 0. The van der Waals surface area contributed by atoms with Crippen LogP contribution < -0.4 is 10.6 Å². The minimum absolute atomic E-state index is 0.0451. The molecule has 2 aromatic rings. The summed E-state index contributed by atoms with van der Waals surface area (Å²) in [6.45, 7) is 0.717. The number of nitrogens with one attached hydrogen (secondary N) is 2. The molecule has 200 valence electrons. The van der Waals surface area contributed by atoms with Crippen LogP contribution in [0.2, 0.25) is 10.0 Å². The summed E-state index contributed by atoms with van der Waals surface area (Å²) in [5.74, 6) is -3.16. The number of carboxylic acids is 1. The molecule has 0 radical (unpaired) electrons. The molecule has 2 aromatic carbocycles. The molecule has 0 aromatic heterocycles. The zero-order chi connectivity index (χ0) is 27.4. The van der Waals surface area contributed by atoms with Crippen LogP contribution in [0.25, 0.3) is 6.08 Å². The van der Waals surface area contributed by atoms with Gasteiger partial charge in [0.15, 0.2) is 0 Å². The van der Waals surface area contributed by atoms with E-state index in [2.05, 4.69) is 10.6 Å². The first-order valence-corrected chi connectivity index (χ1v) is 14.1. The monoisotopic (exact) mass is 575 g/mol. The number of carbonyl (C=O) groups is 4. The molecule has 8 nitrogen and oxygen atoms in total. The fourth-order valence-electron chi connectivity index (χ4n) is 4.72. The highest BCUT2D eigenvalue weighted by Gasteiger charge is 2.36. The minimum atomic E-state index is -1.21. The van der Waals surface area contributed by atoms with Crippen molar-refractivity contribution in [2.24, 2.45) is 5.92 Å². The highest BCUT2D eigenvalue weighted by molar-refractivity contribution is 7.98. The second-order valence-corrected chi connectivity index (χ2v) is 10.8. The molecule has 1 fully saturated rings. The zero-order valence-corrected chi connectivity index (χ0v) is 22.9. The Labute approximate surface area is 234 Å². The average molecular weight is 577 g/mol. The van der Waals surface area contributed by atoms with Crippen LogP contribution in [0.1, 0.15) is 36.3 Å². The number of carbonyl (C=O) groups excluding carboxylic acids is 3. The number of aliphatic carboxylic acids is 1. The topological polar surface area (TPSA) is 116 Å². The summed E-state index contributed by atoms with van der Waals surface area (Å²) in [6, 6.07) is 9.55. The number of piperidine rings is 1. The van der Waals surface area contributed by atoms with E-state index in [1.165, 1.54) is 17.8 Å². The van der Waals surface area contributed by atoms with Crippen molar-refractivity contribution in [2.75, 3.05) is 24.7 Å². The second-order valence-electron chi connectivity index (χ2n) is 9.18. The molecule has 2 heterocycles. The Morgan fingerprint density at radius 3 is 2.55 bits per heavy atom. The summed E-state index contributed by atoms with van der Waals surface area (Å²) in [4.78, 5) is 52.4. The van der Waals surface area contributed by atoms with Gasteiger partial charge in [-0.3, -0.25) is 14.4 Å². The van der Waals surface area contributed by atoms with Crippen LogP contribution in [0.4, 0.5) is 5.69 Å². The Morgan fingerprint density at radius 2 is 1.87 bits per heavy atom. The van der Waals surface area contributed by atoms with Gasteiger partial charge in [0, 0.05) is 35.7 Å². The number of nitrogens with zero attached hydrogens (tertiary/aromatic N) is 1. The van der Waals surface area contributed by atoms with Gasteiger partial charge in [-0.25, -0.2) is 4.79 Å². The number of hydrogen-bond acceptors (Lipinski definition) is 5. The maximum Gasteiger partial charge on any atom is 0.326 e. The molecule has 2 unspecified atom stereocenters. The number of fused-ring (bicyclic) bond motifs is 1. The van der Waals surface area contributed by atoms with Crippen LogP contribution in [-0.2, 0) is 19.2 Å². The van der Waals surface area contributed by atoms with E-state index in [4.69, 9.17) is 23.2 Å². The molecule has 0 aliphatic carbocycles. The molecule has 3 amide bonds. The van der Waals surface area contributed by atoms with Crippen LogP contribution >= 0.6 is 35.0 Å². The third-order valence-corrected chi connectivity index (χ3v) is 8.66. The van der Waals surface area contributed by atoms with E-state index in [-0.39, 0.29) is 24.1 Å². The lowest BCUT2D eigenvalue weighted by atomic mass is 9.91. The molecular weight excluding hydrogens is 549 g/mol. The van der Waals surface area contributed by atoms with Gasteiger partial charge in [-0.2, -0.15) is 0 Å². The zero-order valence-electron chi connectivity index (χ0n) is 20.6. The van der Waals surface area contributed by atoms with Gasteiger partial charge < -0.3 is 20.6 Å². The molecule has 2 atom stereocenters. The summed E-state index contributed by atoms with van der Waals surface area (Å²) in [5.41, 5.74) is 2.02. The lowest BCUT2D eigenvalue weighted by Crippen LogP contribution is -2.48. The molecule has 3 N–H and O–H groups in total. The Balaban J connectivity index is 1.31. The van der Waals surface area contributed by atoms with Crippen LogP contribution in [0, 0.1) is 5.92 Å². The van der Waals surface area contributed by atoms with Crippen LogP contribution in [-0.4, -0.2) is 59.1 Å². The molecule has 2 aliphatic rings. The van der Waals surface area contributed by atoms with Gasteiger partial charge in [-0.15, -0.1) is 11.8 Å². The van der Waals surface area contributed by atoms with Crippen molar-refractivity contribution in [3.63, 3.8) is 0 Å². The minimum Gasteiger partial charge on any atom is -0.480 e. The summed E-state index contributed by atoms with van der Waals surface area (Å²) in [5, 5.41) is 15.9. The normalized spacial score (nSPS) is 18.2. The first kappa shape index (κ1) is 28.0. The third kappa shape index (κ3) is 6.17. The first-order chi connectivity index (χ1) is 18.2. The van der Waals surface area contributed by atoms with E-state index in [0.717, 1.165) is 10.5 Å². The Hall–Kier alpha value is -3.01. The summed E-state index contributed by atoms with van der Waals surface area (Å²) in [7, 11) is 0. The number of anilines is 1. The van der Waals surface area contributed by atoms with Gasteiger partial charge >= 0.3 is 5.97 Å². The highest BCUT2D eigenvalue weighted by Crippen LogP contribution is 2.36. The summed E-state index contributed by atoms with van der Waals surface area (Å²) in [6.07, 6.45) is 5.71. The molecule has 0 bridgehead atoms. The number of likely N-dealkylation sites (tertiary alicyclic amines) is 1. The van der Waals surface area contributed by atoms with Crippen LogP contribution in [0.3, 0.4) is 0 Å². The number of thioether (sulfide) groups is 1. The quantitative estimate of drug-likeness (QED) is 0.311. The van der Waals surface area contributed by atoms with Gasteiger partial charge in [-0.05, 0) is 54.9 Å². The predicted molar refractivity (Wildman–Crippen MR) is 149 cm³/mol. The van der Waals surface area contributed by atoms with Crippen LogP contribution in [0.5, 0.6) is 0 Å². The molecule has 2 aliphatic heterocycles. The molecule has 1 saturated heterocycles. The number of carboxylic acid groups (broad SMARTS) is 1. The van der Waals surface area contributed by atoms with Crippen LogP contribution in [0.15, 0.2) is 47.4 Å². The number of para-hydroxylation sites is 1. The fraction of sp³-hybridized carbons (Fsp3) is 0.333. The maximum absolute atomic E-state index is 12.9. The van der Waals surface area contributed by atoms with Gasteiger partial charge in [0.25, 0.3) is 0 Å². The Bertz CT molecular complexity index is 1290. The molecule has 4 rings (SSSR count). The predicted octanol–water partition coefficient (Wildman–Crippen LogP) is 4.66. The van der Waals surface area contributed by atoms with E-state index in [0.29, 0.717) is 47.2 Å². The molecule has 38 heavy (non-hydrogen) atoms. The average Bonchev–Trinajstić information content (AvgIpc) is 3.23. The largest absolute Gasteiger partial charge is 0.480 e. The maximum atomic E-state index is 12.9. The molecule has 0 saturated carbocycles. The molecule has 0 spiro atoms.